The fourth-order valence-electron chi connectivity index (χ4n) is 2.38. The fourth-order valence-corrected chi connectivity index (χ4v) is 2.54. The van der Waals surface area contributed by atoms with Gasteiger partial charge in [-0.05, 0) is 51.2 Å². The summed E-state index contributed by atoms with van der Waals surface area (Å²) in [6.45, 7) is 2.21. The number of hydrogen-bond acceptors (Lipinski definition) is 3. The Kier molecular flexibility index (Phi) is 5.34. The Hall–Kier alpha value is -1.17. The van der Waals surface area contributed by atoms with Gasteiger partial charge in [0, 0.05) is 11.1 Å². The van der Waals surface area contributed by atoms with Crippen LogP contribution in [0.15, 0.2) is 18.2 Å². The zero-order chi connectivity index (χ0) is 14.5. The van der Waals surface area contributed by atoms with Crippen LogP contribution in [0, 0.1) is 5.82 Å². The number of nitrogens with zero attached hydrogens (tertiary/aromatic N) is 1. The minimum absolute atomic E-state index is 0.165. The average Bonchev–Trinajstić information content (AvgIpc) is 2.43. The predicted molar refractivity (Wildman–Crippen MR) is 78.6 cm³/mol. The molecule has 20 heavy (non-hydrogen) atoms. The van der Waals surface area contributed by atoms with Gasteiger partial charge < -0.3 is 10.6 Å². The zero-order valence-electron chi connectivity index (χ0n) is 11.5. The molecule has 1 aromatic carbocycles. The molecule has 2 rings (SSSR count). The van der Waals surface area contributed by atoms with Gasteiger partial charge in [-0.3, -0.25) is 9.69 Å². The van der Waals surface area contributed by atoms with E-state index in [1.165, 1.54) is 12.1 Å². The number of rotatable bonds is 4. The molecule has 1 aromatic rings. The zero-order valence-corrected chi connectivity index (χ0v) is 12.2. The molecule has 0 saturated carbocycles. The van der Waals surface area contributed by atoms with Crippen molar-refractivity contribution in [2.45, 2.75) is 18.9 Å². The smallest absolute Gasteiger partial charge is 0.238 e. The van der Waals surface area contributed by atoms with Crippen molar-refractivity contribution in [1.82, 2.24) is 10.2 Å². The molecular formula is C14H19ClFN3O. The van der Waals surface area contributed by atoms with E-state index in [0.717, 1.165) is 25.9 Å². The summed E-state index contributed by atoms with van der Waals surface area (Å²) in [5, 5.41) is 6.18. The number of anilines is 1. The summed E-state index contributed by atoms with van der Waals surface area (Å²) in [7, 11) is 1.92. The van der Waals surface area contributed by atoms with Gasteiger partial charge in [0.25, 0.3) is 0 Å². The highest BCUT2D eigenvalue weighted by atomic mass is 35.5. The quantitative estimate of drug-likeness (QED) is 0.895. The lowest BCUT2D eigenvalue weighted by Crippen LogP contribution is -2.44. The van der Waals surface area contributed by atoms with Crippen LogP contribution in [0.5, 0.6) is 0 Å². The van der Waals surface area contributed by atoms with Gasteiger partial charge in [0.1, 0.15) is 5.82 Å². The van der Waals surface area contributed by atoms with E-state index in [2.05, 4.69) is 10.6 Å². The van der Waals surface area contributed by atoms with Gasteiger partial charge in [-0.25, -0.2) is 4.39 Å². The van der Waals surface area contributed by atoms with Crippen LogP contribution < -0.4 is 10.6 Å². The van der Waals surface area contributed by atoms with Gasteiger partial charge in [0.15, 0.2) is 0 Å². The lowest BCUT2D eigenvalue weighted by Gasteiger charge is -2.31. The first kappa shape index (κ1) is 15.2. The van der Waals surface area contributed by atoms with E-state index in [-0.39, 0.29) is 18.1 Å². The summed E-state index contributed by atoms with van der Waals surface area (Å²) >= 11 is 5.67. The SMILES string of the molecule is CN(CC(=O)Nc1ccc(Cl)cc1F)C1CCNCC1. The molecule has 1 heterocycles. The van der Waals surface area contributed by atoms with Crippen LogP contribution in [0.2, 0.25) is 5.02 Å². The highest BCUT2D eigenvalue weighted by molar-refractivity contribution is 6.30. The monoisotopic (exact) mass is 299 g/mol. The molecule has 0 radical (unpaired) electrons. The second kappa shape index (κ2) is 7.02. The molecule has 4 nitrogen and oxygen atoms in total. The molecule has 6 heteroatoms. The van der Waals surface area contributed by atoms with Crippen LogP contribution in [0.25, 0.3) is 0 Å². The van der Waals surface area contributed by atoms with E-state index in [1.807, 2.05) is 11.9 Å². The molecule has 0 aromatic heterocycles. The van der Waals surface area contributed by atoms with Gasteiger partial charge in [0.05, 0.1) is 12.2 Å². The topological polar surface area (TPSA) is 44.4 Å². The number of carbonyl (C=O) groups excluding carboxylic acids is 1. The molecule has 1 saturated heterocycles. The first-order valence-corrected chi connectivity index (χ1v) is 7.10. The number of hydrogen-bond donors (Lipinski definition) is 2. The van der Waals surface area contributed by atoms with Crippen LogP contribution in [-0.4, -0.2) is 43.5 Å². The molecule has 110 valence electrons. The normalized spacial score (nSPS) is 16.4. The van der Waals surface area contributed by atoms with Crippen LogP contribution in [-0.2, 0) is 4.79 Å². The fraction of sp³-hybridized carbons (Fsp3) is 0.500. The van der Waals surface area contributed by atoms with E-state index in [9.17, 15) is 9.18 Å². The number of halogens is 2. The highest BCUT2D eigenvalue weighted by Gasteiger charge is 2.20. The number of benzene rings is 1. The summed E-state index contributed by atoms with van der Waals surface area (Å²) in [5.41, 5.74) is 0.165. The minimum atomic E-state index is -0.518. The third kappa shape index (κ3) is 4.16. The van der Waals surface area contributed by atoms with Crippen molar-refractivity contribution in [2.24, 2.45) is 0 Å². The molecule has 0 aliphatic carbocycles. The van der Waals surface area contributed by atoms with Gasteiger partial charge in [-0.1, -0.05) is 11.6 Å². The molecular weight excluding hydrogens is 281 g/mol. The van der Waals surface area contributed by atoms with Crippen molar-refractivity contribution in [3.63, 3.8) is 0 Å². The Bertz CT molecular complexity index is 477. The maximum absolute atomic E-state index is 13.6. The number of nitrogens with one attached hydrogen (secondary N) is 2. The van der Waals surface area contributed by atoms with Crippen LogP contribution in [0.4, 0.5) is 10.1 Å². The van der Waals surface area contributed by atoms with Gasteiger partial charge in [0.2, 0.25) is 5.91 Å². The van der Waals surface area contributed by atoms with Crippen molar-refractivity contribution in [2.75, 3.05) is 32.0 Å². The Morgan fingerprint density at radius 2 is 2.20 bits per heavy atom. The van der Waals surface area contributed by atoms with Crippen molar-refractivity contribution in [3.8, 4) is 0 Å². The average molecular weight is 300 g/mol. The first-order chi connectivity index (χ1) is 9.56. The summed E-state index contributed by atoms with van der Waals surface area (Å²) in [6, 6.07) is 4.61. The third-order valence-corrected chi connectivity index (χ3v) is 3.77. The van der Waals surface area contributed by atoms with Crippen molar-refractivity contribution < 1.29 is 9.18 Å². The predicted octanol–water partition coefficient (Wildman–Crippen LogP) is 2.10. The van der Waals surface area contributed by atoms with Crippen molar-refractivity contribution in [1.29, 1.82) is 0 Å². The molecule has 0 atom stereocenters. The number of piperidine rings is 1. The molecule has 1 aliphatic rings. The molecule has 2 N–H and O–H groups in total. The third-order valence-electron chi connectivity index (χ3n) is 3.53. The van der Waals surface area contributed by atoms with Crippen molar-refractivity contribution >= 4 is 23.2 Å². The molecule has 1 amide bonds. The highest BCUT2D eigenvalue weighted by Crippen LogP contribution is 2.19. The number of carbonyl (C=O) groups is 1. The summed E-state index contributed by atoms with van der Waals surface area (Å²) in [4.78, 5) is 14.0. The Morgan fingerprint density at radius 3 is 2.85 bits per heavy atom. The second-order valence-electron chi connectivity index (χ2n) is 5.07. The molecule has 1 aliphatic heterocycles. The second-order valence-corrected chi connectivity index (χ2v) is 5.51. The Labute approximate surface area is 123 Å². The standard InChI is InChI=1S/C14H19ClFN3O/c1-19(11-4-6-17-7-5-11)9-14(20)18-13-3-2-10(15)8-12(13)16/h2-3,8,11,17H,4-7,9H2,1H3,(H,18,20). The Balaban J connectivity index is 1.88. The van der Waals surface area contributed by atoms with Crippen LogP contribution in [0.1, 0.15) is 12.8 Å². The minimum Gasteiger partial charge on any atom is -0.322 e. The summed E-state index contributed by atoms with van der Waals surface area (Å²) < 4.78 is 13.6. The molecule has 0 bridgehead atoms. The van der Waals surface area contributed by atoms with Gasteiger partial charge >= 0.3 is 0 Å². The van der Waals surface area contributed by atoms with E-state index < -0.39 is 5.82 Å². The summed E-state index contributed by atoms with van der Waals surface area (Å²) in [6.07, 6.45) is 2.05. The Morgan fingerprint density at radius 1 is 1.50 bits per heavy atom. The first-order valence-electron chi connectivity index (χ1n) is 6.72. The van der Waals surface area contributed by atoms with E-state index in [4.69, 9.17) is 11.6 Å². The molecule has 0 spiro atoms. The number of likely N-dealkylation sites (N-methyl/N-ethyl adjacent to an activating group) is 1. The summed E-state index contributed by atoms with van der Waals surface area (Å²) in [5.74, 6) is -0.734. The van der Waals surface area contributed by atoms with Crippen molar-refractivity contribution in [3.05, 3.63) is 29.0 Å². The lowest BCUT2D eigenvalue weighted by molar-refractivity contribution is -0.117. The maximum Gasteiger partial charge on any atom is 0.238 e. The van der Waals surface area contributed by atoms with Gasteiger partial charge in [-0.15, -0.1) is 0 Å². The maximum atomic E-state index is 13.6. The largest absolute Gasteiger partial charge is 0.322 e. The van der Waals surface area contributed by atoms with Gasteiger partial charge in [-0.2, -0.15) is 0 Å². The van der Waals surface area contributed by atoms with E-state index in [1.54, 1.807) is 6.07 Å². The number of amides is 1. The molecule has 1 fully saturated rings. The van der Waals surface area contributed by atoms with Crippen LogP contribution in [0.3, 0.4) is 0 Å². The van der Waals surface area contributed by atoms with E-state index >= 15 is 0 Å². The molecule has 0 unspecified atom stereocenters. The van der Waals surface area contributed by atoms with E-state index in [0.29, 0.717) is 11.1 Å². The van der Waals surface area contributed by atoms with Crippen LogP contribution >= 0.6 is 11.6 Å². The lowest BCUT2D eigenvalue weighted by atomic mass is 10.1.